The van der Waals surface area contributed by atoms with Gasteiger partial charge in [0.2, 0.25) is 0 Å². The Morgan fingerprint density at radius 1 is 0.848 bits per heavy atom. The summed E-state index contributed by atoms with van der Waals surface area (Å²) in [6, 6.07) is 24.9. The molecule has 1 aromatic heterocycles. The molecule has 0 aliphatic heterocycles. The van der Waals surface area contributed by atoms with E-state index in [1.165, 1.54) is 18.2 Å². The predicted molar refractivity (Wildman–Crippen MR) is 125 cm³/mol. The second-order valence-corrected chi connectivity index (χ2v) is 7.10. The molecule has 0 radical (unpaired) electrons. The standard InChI is InChI=1S/C26H18N2O5/c29-24(20-7-4-8-21(17-20)27-26(30)19-5-2-1-3-6-19)15-13-23-14-16-25(33-23)18-9-11-22(12-10-18)28(31)32/h1-17H,(H,27,30)/b15-13+. The normalized spacial score (nSPS) is 10.8. The van der Waals surface area contributed by atoms with Gasteiger partial charge >= 0.3 is 0 Å². The fourth-order valence-electron chi connectivity index (χ4n) is 3.14. The number of non-ortho nitro benzene ring substituents is 1. The number of hydrogen-bond acceptors (Lipinski definition) is 5. The fourth-order valence-corrected chi connectivity index (χ4v) is 3.14. The lowest BCUT2D eigenvalue weighted by Gasteiger charge is -2.06. The van der Waals surface area contributed by atoms with Crippen LogP contribution in [0.25, 0.3) is 17.4 Å². The van der Waals surface area contributed by atoms with Crippen LogP contribution in [0.15, 0.2) is 101 Å². The number of carbonyl (C=O) groups excluding carboxylic acids is 2. The summed E-state index contributed by atoms with van der Waals surface area (Å²) < 4.78 is 5.72. The van der Waals surface area contributed by atoms with Crippen molar-refractivity contribution >= 4 is 29.1 Å². The molecular weight excluding hydrogens is 420 g/mol. The molecule has 0 saturated carbocycles. The number of furan rings is 1. The van der Waals surface area contributed by atoms with Crippen molar-refractivity contribution in [1.29, 1.82) is 0 Å². The Morgan fingerprint density at radius 2 is 1.58 bits per heavy atom. The van der Waals surface area contributed by atoms with Crippen LogP contribution in [0.5, 0.6) is 0 Å². The molecule has 0 saturated heterocycles. The summed E-state index contributed by atoms with van der Waals surface area (Å²) in [6.07, 6.45) is 2.93. The zero-order valence-electron chi connectivity index (χ0n) is 17.3. The van der Waals surface area contributed by atoms with Crippen molar-refractivity contribution in [3.63, 3.8) is 0 Å². The van der Waals surface area contributed by atoms with Gasteiger partial charge in [-0.15, -0.1) is 0 Å². The number of nitro groups is 1. The van der Waals surface area contributed by atoms with E-state index in [0.717, 1.165) is 0 Å². The number of nitrogens with one attached hydrogen (secondary N) is 1. The molecule has 162 valence electrons. The third-order valence-electron chi connectivity index (χ3n) is 4.83. The van der Waals surface area contributed by atoms with Gasteiger partial charge in [-0.2, -0.15) is 0 Å². The summed E-state index contributed by atoms with van der Waals surface area (Å²) in [5, 5.41) is 13.6. The summed E-state index contributed by atoms with van der Waals surface area (Å²) in [6.45, 7) is 0. The van der Waals surface area contributed by atoms with Gasteiger partial charge in [0.05, 0.1) is 4.92 Å². The predicted octanol–water partition coefficient (Wildman–Crippen LogP) is 6.00. The van der Waals surface area contributed by atoms with Crippen LogP contribution in [0.3, 0.4) is 0 Å². The number of allylic oxidation sites excluding steroid dienone is 1. The maximum atomic E-state index is 12.6. The van der Waals surface area contributed by atoms with Gasteiger partial charge < -0.3 is 9.73 Å². The van der Waals surface area contributed by atoms with E-state index in [2.05, 4.69) is 5.32 Å². The van der Waals surface area contributed by atoms with Crippen LogP contribution in [-0.2, 0) is 0 Å². The number of carbonyl (C=O) groups is 2. The highest BCUT2D eigenvalue weighted by Gasteiger charge is 2.10. The molecule has 3 aromatic carbocycles. The number of nitrogens with zero attached hydrogens (tertiary/aromatic N) is 1. The van der Waals surface area contributed by atoms with E-state index >= 15 is 0 Å². The van der Waals surface area contributed by atoms with Crippen LogP contribution >= 0.6 is 0 Å². The van der Waals surface area contributed by atoms with E-state index in [1.54, 1.807) is 78.9 Å². The maximum Gasteiger partial charge on any atom is 0.269 e. The number of amides is 1. The van der Waals surface area contributed by atoms with Crippen molar-refractivity contribution in [3.8, 4) is 11.3 Å². The van der Waals surface area contributed by atoms with Crippen molar-refractivity contribution in [2.75, 3.05) is 5.32 Å². The first-order valence-corrected chi connectivity index (χ1v) is 10.0. The molecule has 0 aliphatic rings. The molecule has 0 bridgehead atoms. The molecule has 1 amide bonds. The molecule has 4 rings (SSSR count). The highest BCUT2D eigenvalue weighted by molar-refractivity contribution is 6.08. The van der Waals surface area contributed by atoms with Crippen LogP contribution < -0.4 is 5.32 Å². The van der Waals surface area contributed by atoms with Gasteiger partial charge in [-0.25, -0.2) is 0 Å². The zero-order valence-corrected chi connectivity index (χ0v) is 17.3. The summed E-state index contributed by atoms with van der Waals surface area (Å²) in [5.41, 5.74) is 2.14. The van der Waals surface area contributed by atoms with Crippen molar-refractivity contribution < 1.29 is 18.9 Å². The molecule has 4 aromatic rings. The van der Waals surface area contributed by atoms with Crippen LogP contribution in [0.1, 0.15) is 26.5 Å². The van der Waals surface area contributed by atoms with Gasteiger partial charge in [-0.1, -0.05) is 30.3 Å². The minimum Gasteiger partial charge on any atom is -0.457 e. The first kappa shape index (κ1) is 21.5. The molecule has 1 heterocycles. The van der Waals surface area contributed by atoms with E-state index in [1.807, 2.05) is 6.07 Å². The van der Waals surface area contributed by atoms with Gasteiger partial charge in [-0.05, 0) is 60.7 Å². The molecule has 7 heteroatoms. The van der Waals surface area contributed by atoms with Gasteiger partial charge in [0.25, 0.3) is 11.6 Å². The second kappa shape index (κ2) is 9.57. The van der Waals surface area contributed by atoms with Crippen LogP contribution in [0, 0.1) is 10.1 Å². The first-order chi connectivity index (χ1) is 16.0. The number of benzene rings is 3. The fraction of sp³-hybridized carbons (Fsp3) is 0. The quantitative estimate of drug-likeness (QED) is 0.165. The minimum atomic E-state index is -0.464. The first-order valence-electron chi connectivity index (χ1n) is 10.0. The number of anilines is 1. The number of ketones is 1. The third kappa shape index (κ3) is 5.29. The number of rotatable bonds is 7. The average Bonchev–Trinajstić information content (AvgIpc) is 3.32. The molecular formula is C26H18N2O5. The van der Waals surface area contributed by atoms with E-state index in [9.17, 15) is 19.7 Å². The Kier molecular flexibility index (Phi) is 6.22. The monoisotopic (exact) mass is 438 g/mol. The van der Waals surface area contributed by atoms with Crippen molar-refractivity contribution in [2.45, 2.75) is 0 Å². The van der Waals surface area contributed by atoms with Crippen LogP contribution in [0.2, 0.25) is 0 Å². The van der Waals surface area contributed by atoms with Crippen molar-refractivity contribution in [3.05, 3.63) is 124 Å². The smallest absolute Gasteiger partial charge is 0.269 e. The molecule has 0 fully saturated rings. The summed E-state index contributed by atoms with van der Waals surface area (Å²) in [5.74, 6) is 0.483. The lowest BCUT2D eigenvalue weighted by atomic mass is 10.1. The molecule has 7 nitrogen and oxygen atoms in total. The molecule has 0 atom stereocenters. The molecule has 0 spiro atoms. The Labute approximate surface area is 189 Å². The van der Waals surface area contributed by atoms with Crippen LogP contribution in [-0.4, -0.2) is 16.6 Å². The SMILES string of the molecule is O=C(/C=C/c1ccc(-c2ccc([N+](=O)[O-])cc2)o1)c1cccc(NC(=O)c2ccccc2)c1. The van der Waals surface area contributed by atoms with E-state index < -0.39 is 4.92 Å². The maximum absolute atomic E-state index is 12.6. The Morgan fingerprint density at radius 3 is 2.30 bits per heavy atom. The average molecular weight is 438 g/mol. The summed E-state index contributed by atoms with van der Waals surface area (Å²) in [7, 11) is 0. The molecule has 33 heavy (non-hydrogen) atoms. The van der Waals surface area contributed by atoms with Gasteiger partial charge in [0, 0.05) is 34.5 Å². The van der Waals surface area contributed by atoms with Crippen molar-refractivity contribution in [1.82, 2.24) is 0 Å². The molecule has 1 N–H and O–H groups in total. The number of nitro benzene ring substituents is 1. The molecule has 0 aliphatic carbocycles. The number of hydrogen-bond donors (Lipinski definition) is 1. The van der Waals surface area contributed by atoms with E-state index in [0.29, 0.717) is 33.9 Å². The Bertz CT molecular complexity index is 1340. The Hall–Kier alpha value is -4.78. The van der Waals surface area contributed by atoms with Crippen LogP contribution in [0.4, 0.5) is 11.4 Å². The largest absolute Gasteiger partial charge is 0.457 e. The van der Waals surface area contributed by atoms with Crippen molar-refractivity contribution in [2.24, 2.45) is 0 Å². The summed E-state index contributed by atoms with van der Waals surface area (Å²) in [4.78, 5) is 35.2. The topological polar surface area (TPSA) is 102 Å². The van der Waals surface area contributed by atoms with Gasteiger partial charge in [0.15, 0.2) is 5.78 Å². The third-order valence-corrected chi connectivity index (χ3v) is 4.83. The zero-order chi connectivity index (χ0) is 23.2. The van der Waals surface area contributed by atoms with Gasteiger partial charge in [0.1, 0.15) is 11.5 Å². The molecule has 0 unspecified atom stereocenters. The highest BCUT2D eigenvalue weighted by Crippen LogP contribution is 2.25. The minimum absolute atomic E-state index is 0.00166. The highest BCUT2D eigenvalue weighted by atomic mass is 16.6. The Balaban J connectivity index is 1.43. The van der Waals surface area contributed by atoms with E-state index in [4.69, 9.17) is 4.42 Å². The van der Waals surface area contributed by atoms with Gasteiger partial charge in [-0.3, -0.25) is 19.7 Å². The summed E-state index contributed by atoms with van der Waals surface area (Å²) >= 11 is 0. The lowest BCUT2D eigenvalue weighted by Crippen LogP contribution is -2.12. The second-order valence-electron chi connectivity index (χ2n) is 7.10. The van der Waals surface area contributed by atoms with E-state index in [-0.39, 0.29) is 17.4 Å². The lowest BCUT2D eigenvalue weighted by molar-refractivity contribution is -0.384.